The van der Waals surface area contributed by atoms with Crippen molar-refractivity contribution in [3.05, 3.63) is 59.7 Å². The molecule has 2 aromatic rings. The molecular weight excluding hydrogens is 312 g/mol. The normalized spacial score (nSPS) is 11.1. The summed E-state index contributed by atoms with van der Waals surface area (Å²) in [6.07, 6.45) is 0. The maximum absolute atomic E-state index is 12.5. The Bertz CT molecular complexity index is 758. The van der Waals surface area contributed by atoms with Crippen molar-refractivity contribution in [2.45, 2.75) is 40.0 Å². The maximum atomic E-state index is 12.5. The molecule has 0 radical (unpaired) electrons. The summed E-state index contributed by atoms with van der Waals surface area (Å²) in [4.78, 5) is 26.4. The van der Waals surface area contributed by atoms with Gasteiger partial charge in [-0.2, -0.15) is 0 Å². The predicted octanol–water partition coefficient (Wildman–Crippen LogP) is 4.28. The molecule has 132 valence electrons. The fraction of sp³-hybridized carbons (Fsp3) is 0.333. The molecule has 0 fully saturated rings. The van der Waals surface area contributed by atoms with Crippen LogP contribution < -0.4 is 10.2 Å². The molecule has 1 N–H and O–H groups in total. The predicted molar refractivity (Wildman–Crippen MR) is 103 cm³/mol. The number of anilines is 2. The lowest BCUT2D eigenvalue weighted by molar-refractivity contribution is -0.134. The molecule has 4 nitrogen and oxygen atoms in total. The number of benzene rings is 2. The zero-order chi connectivity index (χ0) is 18.6. The van der Waals surface area contributed by atoms with Crippen LogP contribution in [0.2, 0.25) is 0 Å². The summed E-state index contributed by atoms with van der Waals surface area (Å²) in [5.74, 6) is -1.19. The van der Waals surface area contributed by atoms with Gasteiger partial charge in [-0.05, 0) is 54.7 Å². The molecule has 0 aliphatic rings. The number of carbonyl (C=O) groups excluding carboxylic acids is 2. The summed E-state index contributed by atoms with van der Waals surface area (Å²) in [6.45, 7) is 10.6. The van der Waals surface area contributed by atoms with Gasteiger partial charge in [0.25, 0.3) is 0 Å². The standard InChI is InChI=1S/C21H26N2O2/c1-6-23(18-9-7-8-15(2)14-18)20(25)19(24)22-17-12-10-16(11-13-17)21(3,4)5/h7-14H,6H2,1-5H3,(H,22,24). The average molecular weight is 338 g/mol. The Morgan fingerprint density at radius 2 is 1.68 bits per heavy atom. The number of nitrogens with one attached hydrogen (secondary N) is 1. The molecule has 2 rings (SSSR count). The fourth-order valence-electron chi connectivity index (χ4n) is 2.60. The zero-order valence-corrected chi connectivity index (χ0v) is 15.6. The third-order valence-electron chi connectivity index (χ3n) is 4.08. The first kappa shape index (κ1) is 18.7. The first-order chi connectivity index (χ1) is 11.7. The molecule has 0 aliphatic carbocycles. The topological polar surface area (TPSA) is 49.4 Å². The van der Waals surface area contributed by atoms with Crippen LogP contribution in [0.5, 0.6) is 0 Å². The average Bonchev–Trinajstić information content (AvgIpc) is 2.55. The van der Waals surface area contributed by atoms with Crippen molar-refractivity contribution in [3.8, 4) is 0 Å². The first-order valence-corrected chi connectivity index (χ1v) is 8.52. The minimum atomic E-state index is -0.633. The smallest absolute Gasteiger partial charge is 0.316 e. The van der Waals surface area contributed by atoms with Gasteiger partial charge in [0, 0.05) is 17.9 Å². The van der Waals surface area contributed by atoms with Gasteiger partial charge in [-0.3, -0.25) is 9.59 Å². The molecule has 0 spiro atoms. The van der Waals surface area contributed by atoms with E-state index in [-0.39, 0.29) is 5.41 Å². The van der Waals surface area contributed by atoms with E-state index in [0.717, 1.165) is 11.3 Å². The van der Waals surface area contributed by atoms with E-state index in [0.29, 0.717) is 12.2 Å². The second-order valence-electron chi connectivity index (χ2n) is 7.17. The summed E-state index contributed by atoms with van der Waals surface area (Å²) in [7, 11) is 0. The van der Waals surface area contributed by atoms with Crippen LogP contribution in [0.15, 0.2) is 48.5 Å². The Kier molecular flexibility index (Phi) is 5.62. The molecule has 0 saturated heterocycles. The van der Waals surface area contributed by atoms with Crippen molar-refractivity contribution in [2.24, 2.45) is 0 Å². The van der Waals surface area contributed by atoms with E-state index in [9.17, 15) is 9.59 Å². The molecule has 2 aromatic carbocycles. The molecule has 0 heterocycles. The van der Waals surface area contributed by atoms with E-state index in [4.69, 9.17) is 0 Å². The van der Waals surface area contributed by atoms with Crippen molar-refractivity contribution in [1.29, 1.82) is 0 Å². The van der Waals surface area contributed by atoms with E-state index in [1.165, 1.54) is 10.5 Å². The van der Waals surface area contributed by atoms with Crippen LogP contribution in [-0.2, 0) is 15.0 Å². The second-order valence-corrected chi connectivity index (χ2v) is 7.17. The highest BCUT2D eigenvalue weighted by Gasteiger charge is 2.22. The van der Waals surface area contributed by atoms with Crippen LogP contribution in [0.1, 0.15) is 38.8 Å². The summed E-state index contributed by atoms with van der Waals surface area (Å²) in [5.41, 5.74) is 3.61. The lowest BCUT2D eigenvalue weighted by atomic mass is 9.87. The van der Waals surface area contributed by atoms with Gasteiger partial charge in [0.1, 0.15) is 0 Å². The Hall–Kier alpha value is -2.62. The van der Waals surface area contributed by atoms with Crippen molar-refractivity contribution in [2.75, 3.05) is 16.8 Å². The van der Waals surface area contributed by atoms with Gasteiger partial charge in [0.05, 0.1) is 0 Å². The third-order valence-corrected chi connectivity index (χ3v) is 4.08. The number of likely N-dealkylation sites (N-methyl/N-ethyl adjacent to an activating group) is 1. The van der Waals surface area contributed by atoms with Crippen molar-refractivity contribution >= 4 is 23.2 Å². The van der Waals surface area contributed by atoms with E-state index in [1.807, 2.05) is 62.4 Å². The molecule has 25 heavy (non-hydrogen) atoms. The second kappa shape index (κ2) is 7.51. The van der Waals surface area contributed by atoms with Crippen LogP contribution in [0.25, 0.3) is 0 Å². The third kappa shape index (κ3) is 4.69. The van der Waals surface area contributed by atoms with Gasteiger partial charge in [0.15, 0.2) is 0 Å². The first-order valence-electron chi connectivity index (χ1n) is 8.52. The van der Waals surface area contributed by atoms with Crippen LogP contribution in [-0.4, -0.2) is 18.4 Å². The molecular formula is C21H26N2O2. The molecule has 0 aliphatic heterocycles. The maximum Gasteiger partial charge on any atom is 0.316 e. The van der Waals surface area contributed by atoms with Gasteiger partial charge in [-0.1, -0.05) is 45.0 Å². The summed E-state index contributed by atoms with van der Waals surface area (Å²) in [6, 6.07) is 15.2. The summed E-state index contributed by atoms with van der Waals surface area (Å²) < 4.78 is 0. The number of hydrogen-bond donors (Lipinski definition) is 1. The van der Waals surface area contributed by atoms with E-state index in [2.05, 4.69) is 26.1 Å². The fourth-order valence-corrected chi connectivity index (χ4v) is 2.60. The molecule has 0 aromatic heterocycles. The van der Waals surface area contributed by atoms with Gasteiger partial charge in [-0.15, -0.1) is 0 Å². The molecule has 0 unspecified atom stereocenters. The molecule has 2 amide bonds. The molecule has 0 atom stereocenters. The van der Waals surface area contributed by atoms with Crippen molar-refractivity contribution < 1.29 is 9.59 Å². The lowest BCUT2D eigenvalue weighted by Crippen LogP contribution is -2.39. The van der Waals surface area contributed by atoms with Crippen LogP contribution in [0.4, 0.5) is 11.4 Å². The largest absolute Gasteiger partial charge is 0.318 e. The Labute approximate surface area is 149 Å². The Morgan fingerprint density at radius 3 is 2.20 bits per heavy atom. The quantitative estimate of drug-likeness (QED) is 0.849. The number of rotatable bonds is 3. The number of hydrogen-bond acceptors (Lipinski definition) is 2. The summed E-state index contributed by atoms with van der Waals surface area (Å²) >= 11 is 0. The van der Waals surface area contributed by atoms with Gasteiger partial charge in [-0.25, -0.2) is 0 Å². The number of carbonyl (C=O) groups is 2. The minimum Gasteiger partial charge on any atom is -0.318 e. The molecule has 4 heteroatoms. The van der Waals surface area contributed by atoms with Crippen molar-refractivity contribution in [1.82, 2.24) is 0 Å². The van der Waals surface area contributed by atoms with E-state index >= 15 is 0 Å². The number of amides is 2. The highest BCUT2D eigenvalue weighted by molar-refractivity contribution is 6.44. The lowest BCUT2D eigenvalue weighted by Gasteiger charge is -2.21. The van der Waals surface area contributed by atoms with E-state index < -0.39 is 11.8 Å². The Morgan fingerprint density at radius 1 is 1.04 bits per heavy atom. The Balaban J connectivity index is 2.12. The number of aryl methyl sites for hydroxylation is 1. The molecule has 0 saturated carbocycles. The summed E-state index contributed by atoms with van der Waals surface area (Å²) in [5, 5.41) is 2.69. The monoisotopic (exact) mass is 338 g/mol. The van der Waals surface area contributed by atoms with Crippen LogP contribution in [0, 0.1) is 6.92 Å². The zero-order valence-electron chi connectivity index (χ0n) is 15.6. The minimum absolute atomic E-state index is 0.0442. The highest BCUT2D eigenvalue weighted by atomic mass is 16.2. The highest BCUT2D eigenvalue weighted by Crippen LogP contribution is 2.23. The van der Waals surface area contributed by atoms with Gasteiger partial charge in [0.2, 0.25) is 0 Å². The van der Waals surface area contributed by atoms with E-state index in [1.54, 1.807) is 0 Å². The number of nitrogens with zero attached hydrogens (tertiary/aromatic N) is 1. The van der Waals surface area contributed by atoms with Crippen LogP contribution in [0.3, 0.4) is 0 Å². The van der Waals surface area contributed by atoms with Crippen molar-refractivity contribution in [3.63, 3.8) is 0 Å². The van der Waals surface area contributed by atoms with Crippen LogP contribution >= 0.6 is 0 Å². The van der Waals surface area contributed by atoms with Gasteiger partial charge < -0.3 is 10.2 Å². The SMILES string of the molecule is CCN(C(=O)C(=O)Nc1ccc(C(C)(C)C)cc1)c1cccc(C)c1. The van der Waals surface area contributed by atoms with Gasteiger partial charge >= 0.3 is 11.8 Å². The molecule has 0 bridgehead atoms.